The van der Waals surface area contributed by atoms with E-state index in [0.717, 1.165) is 16.3 Å². The number of nitriles is 1. The van der Waals surface area contributed by atoms with Crippen LogP contribution in [0.2, 0.25) is 0 Å². The second kappa shape index (κ2) is 9.25. The quantitative estimate of drug-likeness (QED) is 0.683. The summed E-state index contributed by atoms with van der Waals surface area (Å²) in [6, 6.07) is 17.1. The molecule has 2 aromatic rings. The lowest BCUT2D eigenvalue weighted by atomic mass is 10.1. The Bertz CT molecular complexity index is 958. The lowest BCUT2D eigenvalue weighted by Gasteiger charge is -2.11. The molecule has 0 aromatic heterocycles. The summed E-state index contributed by atoms with van der Waals surface area (Å²) < 4.78 is 5.79. The van der Waals surface area contributed by atoms with Gasteiger partial charge in [-0.1, -0.05) is 30.3 Å². The highest BCUT2D eigenvalue weighted by molar-refractivity contribution is 8.18. The van der Waals surface area contributed by atoms with Crippen molar-refractivity contribution in [3.05, 3.63) is 70.1 Å². The van der Waals surface area contributed by atoms with Gasteiger partial charge >= 0.3 is 0 Å². The van der Waals surface area contributed by atoms with Crippen molar-refractivity contribution in [3.8, 4) is 11.8 Å². The number of amidine groups is 1. The van der Waals surface area contributed by atoms with Crippen LogP contribution in [0.1, 0.15) is 30.5 Å². The molecule has 0 atom stereocenters. The highest BCUT2D eigenvalue weighted by Crippen LogP contribution is 2.32. The third-order valence-electron chi connectivity index (χ3n) is 4.21. The normalized spacial score (nSPS) is 16.6. The molecule has 1 fully saturated rings. The van der Waals surface area contributed by atoms with Gasteiger partial charge in [0.15, 0.2) is 5.17 Å². The molecule has 1 aliphatic rings. The van der Waals surface area contributed by atoms with E-state index in [1.807, 2.05) is 62.4 Å². The second-order valence-corrected chi connectivity index (χ2v) is 7.05. The van der Waals surface area contributed by atoms with Gasteiger partial charge in [-0.25, -0.2) is 0 Å². The minimum absolute atomic E-state index is 0.00635. The SMILES string of the molecule is CCN=C1S/C(=C\c2ccc(OCc3ccccc3C#N)cc2)C(=O)N1CC. The van der Waals surface area contributed by atoms with Crippen molar-refractivity contribution in [1.82, 2.24) is 4.90 Å². The fourth-order valence-electron chi connectivity index (χ4n) is 2.77. The van der Waals surface area contributed by atoms with Crippen LogP contribution >= 0.6 is 11.8 Å². The number of carbonyl (C=O) groups is 1. The van der Waals surface area contributed by atoms with Crippen molar-refractivity contribution in [2.24, 2.45) is 4.99 Å². The van der Waals surface area contributed by atoms with Gasteiger partial charge in [0.05, 0.1) is 16.5 Å². The Balaban J connectivity index is 1.69. The molecule has 6 heteroatoms. The monoisotopic (exact) mass is 391 g/mol. The van der Waals surface area contributed by atoms with E-state index in [4.69, 9.17) is 10.00 Å². The first-order valence-corrected chi connectivity index (χ1v) is 9.94. The Labute approximate surface area is 169 Å². The number of hydrogen-bond donors (Lipinski definition) is 0. The molecule has 0 radical (unpaired) electrons. The van der Waals surface area contributed by atoms with E-state index >= 15 is 0 Å². The predicted molar refractivity (Wildman–Crippen MR) is 113 cm³/mol. The summed E-state index contributed by atoms with van der Waals surface area (Å²) in [5.41, 5.74) is 2.40. The minimum atomic E-state index is -0.00635. The van der Waals surface area contributed by atoms with Gasteiger partial charge in [0.1, 0.15) is 12.4 Å². The standard InChI is InChI=1S/C22H21N3O2S/c1-3-24-22-25(4-2)21(26)20(28-22)13-16-9-11-19(12-10-16)27-15-18-8-6-5-7-17(18)14-23/h5-13H,3-4,15H2,1-2H3/b20-13-,24-22?. The molecule has 0 unspecified atom stereocenters. The van der Waals surface area contributed by atoms with Crippen molar-refractivity contribution in [3.63, 3.8) is 0 Å². The topological polar surface area (TPSA) is 65.7 Å². The summed E-state index contributed by atoms with van der Waals surface area (Å²) in [6.07, 6.45) is 1.88. The first-order chi connectivity index (χ1) is 13.7. The number of carbonyl (C=O) groups excluding carboxylic acids is 1. The maximum atomic E-state index is 12.5. The van der Waals surface area contributed by atoms with E-state index in [9.17, 15) is 4.79 Å². The summed E-state index contributed by atoms with van der Waals surface area (Å²) in [7, 11) is 0. The second-order valence-electron chi connectivity index (χ2n) is 6.04. The van der Waals surface area contributed by atoms with Crippen molar-refractivity contribution >= 4 is 28.9 Å². The fraction of sp³-hybridized carbons (Fsp3) is 0.227. The predicted octanol–water partition coefficient (Wildman–Crippen LogP) is 4.45. The Morgan fingerprint density at radius 1 is 1.18 bits per heavy atom. The van der Waals surface area contributed by atoms with Gasteiger partial charge in [-0.2, -0.15) is 5.26 Å². The average Bonchev–Trinajstić information content (AvgIpc) is 3.02. The van der Waals surface area contributed by atoms with Crippen LogP contribution in [0.5, 0.6) is 5.75 Å². The highest BCUT2D eigenvalue weighted by Gasteiger charge is 2.31. The third-order valence-corrected chi connectivity index (χ3v) is 5.25. The molecule has 0 N–H and O–H groups in total. The molecule has 1 heterocycles. The van der Waals surface area contributed by atoms with Crippen LogP contribution in [0.4, 0.5) is 0 Å². The van der Waals surface area contributed by atoms with E-state index in [2.05, 4.69) is 11.1 Å². The van der Waals surface area contributed by atoms with Gasteiger partial charge in [0, 0.05) is 18.7 Å². The zero-order valence-corrected chi connectivity index (χ0v) is 16.7. The van der Waals surface area contributed by atoms with Crippen LogP contribution in [0.3, 0.4) is 0 Å². The first-order valence-electron chi connectivity index (χ1n) is 9.13. The zero-order chi connectivity index (χ0) is 19.9. The molecule has 1 aliphatic heterocycles. The molecule has 0 spiro atoms. The lowest BCUT2D eigenvalue weighted by Crippen LogP contribution is -2.28. The van der Waals surface area contributed by atoms with E-state index < -0.39 is 0 Å². The molecule has 28 heavy (non-hydrogen) atoms. The fourth-order valence-corrected chi connectivity index (χ4v) is 3.87. The van der Waals surface area contributed by atoms with Gasteiger partial charge in [-0.05, 0) is 55.4 Å². The zero-order valence-electron chi connectivity index (χ0n) is 15.9. The van der Waals surface area contributed by atoms with Crippen LogP contribution in [0, 0.1) is 11.3 Å². The van der Waals surface area contributed by atoms with E-state index in [1.165, 1.54) is 11.8 Å². The molecule has 3 rings (SSSR count). The number of aliphatic imine (C=N–C) groups is 1. The highest BCUT2D eigenvalue weighted by atomic mass is 32.2. The lowest BCUT2D eigenvalue weighted by molar-refractivity contribution is -0.122. The van der Waals surface area contributed by atoms with Crippen LogP contribution in [-0.2, 0) is 11.4 Å². The number of rotatable bonds is 6. The van der Waals surface area contributed by atoms with Crippen molar-refractivity contribution in [1.29, 1.82) is 5.26 Å². The summed E-state index contributed by atoms with van der Waals surface area (Å²) in [5.74, 6) is 0.705. The molecular formula is C22H21N3O2S. The Hall–Kier alpha value is -3.04. The molecule has 0 saturated carbocycles. The van der Waals surface area contributed by atoms with Crippen molar-refractivity contribution in [2.45, 2.75) is 20.5 Å². The Morgan fingerprint density at radius 2 is 1.93 bits per heavy atom. The number of likely N-dealkylation sites (N-methyl/N-ethyl adjacent to an activating group) is 1. The maximum Gasteiger partial charge on any atom is 0.266 e. The summed E-state index contributed by atoms with van der Waals surface area (Å²) in [4.78, 5) is 19.3. The molecule has 0 aliphatic carbocycles. The van der Waals surface area contributed by atoms with Crippen molar-refractivity contribution in [2.75, 3.05) is 13.1 Å². The van der Waals surface area contributed by atoms with Gasteiger partial charge in [0.25, 0.3) is 5.91 Å². The Kier molecular flexibility index (Phi) is 6.51. The van der Waals surface area contributed by atoms with Gasteiger partial charge in [-0.15, -0.1) is 0 Å². The van der Waals surface area contributed by atoms with Crippen LogP contribution in [0.15, 0.2) is 58.4 Å². The number of amides is 1. The molecular weight excluding hydrogens is 370 g/mol. The van der Waals surface area contributed by atoms with Crippen molar-refractivity contribution < 1.29 is 9.53 Å². The summed E-state index contributed by atoms with van der Waals surface area (Å²) in [5, 5.41) is 9.91. The van der Waals surface area contributed by atoms with Crippen LogP contribution in [0.25, 0.3) is 6.08 Å². The third kappa shape index (κ3) is 4.44. The maximum absolute atomic E-state index is 12.5. The van der Waals surface area contributed by atoms with E-state index in [0.29, 0.717) is 35.9 Å². The first kappa shape index (κ1) is 19.7. The van der Waals surface area contributed by atoms with Gasteiger partial charge in [0.2, 0.25) is 0 Å². The average molecular weight is 391 g/mol. The van der Waals surface area contributed by atoms with Crippen LogP contribution in [-0.4, -0.2) is 29.1 Å². The summed E-state index contributed by atoms with van der Waals surface area (Å²) >= 11 is 1.41. The smallest absolute Gasteiger partial charge is 0.266 e. The molecule has 142 valence electrons. The molecule has 1 saturated heterocycles. The summed E-state index contributed by atoms with van der Waals surface area (Å²) in [6.45, 7) is 5.50. The minimum Gasteiger partial charge on any atom is -0.489 e. The largest absolute Gasteiger partial charge is 0.489 e. The molecule has 0 bridgehead atoms. The molecule has 2 aromatic carbocycles. The van der Waals surface area contributed by atoms with E-state index in [1.54, 1.807) is 11.0 Å². The van der Waals surface area contributed by atoms with Gasteiger partial charge in [-0.3, -0.25) is 14.7 Å². The number of benzene rings is 2. The molecule has 5 nitrogen and oxygen atoms in total. The number of thioether (sulfide) groups is 1. The Morgan fingerprint density at radius 3 is 2.61 bits per heavy atom. The van der Waals surface area contributed by atoms with E-state index in [-0.39, 0.29) is 5.91 Å². The van der Waals surface area contributed by atoms with Crippen LogP contribution < -0.4 is 4.74 Å². The number of ether oxygens (including phenoxy) is 1. The number of nitrogens with zero attached hydrogens (tertiary/aromatic N) is 3. The number of hydrogen-bond acceptors (Lipinski definition) is 5. The molecule has 1 amide bonds. The van der Waals surface area contributed by atoms with Gasteiger partial charge < -0.3 is 4.74 Å².